The summed E-state index contributed by atoms with van der Waals surface area (Å²) in [5, 5.41) is 6.31. The van der Waals surface area contributed by atoms with Crippen molar-refractivity contribution < 1.29 is 9.53 Å². The Hall–Kier alpha value is -0.610. The highest BCUT2D eigenvalue weighted by atomic mass is 16.5. The monoisotopic (exact) mass is 212 g/mol. The zero-order chi connectivity index (χ0) is 10.7. The van der Waals surface area contributed by atoms with Crippen molar-refractivity contribution in [1.82, 2.24) is 10.6 Å². The van der Waals surface area contributed by atoms with Gasteiger partial charge < -0.3 is 15.4 Å². The fraction of sp³-hybridized carbons (Fsp3) is 0.909. The zero-order valence-electron chi connectivity index (χ0n) is 9.34. The minimum absolute atomic E-state index is 0.183. The van der Waals surface area contributed by atoms with Gasteiger partial charge in [0, 0.05) is 17.9 Å². The van der Waals surface area contributed by atoms with E-state index in [2.05, 4.69) is 17.6 Å². The van der Waals surface area contributed by atoms with Crippen molar-refractivity contribution in [3.05, 3.63) is 0 Å². The molecule has 2 N–H and O–H groups in total. The molecule has 0 aromatic heterocycles. The van der Waals surface area contributed by atoms with Crippen molar-refractivity contribution in [2.24, 2.45) is 11.3 Å². The molecule has 0 unspecified atom stereocenters. The molecule has 86 valence electrons. The number of ether oxygens (including phenoxy) is 1. The van der Waals surface area contributed by atoms with Crippen LogP contribution in [-0.4, -0.2) is 38.8 Å². The fourth-order valence-corrected chi connectivity index (χ4v) is 2.08. The van der Waals surface area contributed by atoms with Crippen LogP contribution in [0, 0.1) is 11.3 Å². The maximum Gasteiger partial charge on any atom is 0.223 e. The van der Waals surface area contributed by atoms with Crippen molar-refractivity contribution in [1.29, 1.82) is 0 Å². The predicted molar refractivity (Wildman–Crippen MR) is 57.5 cm³/mol. The quantitative estimate of drug-likeness (QED) is 0.699. The summed E-state index contributed by atoms with van der Waals surface area (Å²) >= 11 is 0. The zero-order valence-corrected chi connectivity index (χ0v) is 9.34. The van der Waals surface area contributed by atoms with Crippen LogP contribution in [0.15, 0.2) is 0 Å². The van der Waals surface area contributed by atoms with Gasteiger partial charge in [-0.05, 0) is 25.9 Å². The maximum atomic E-state index is 11.8. The molecular formula is C11H20N2O2. The molecule has 15 heavy (non-hydrogen) atoms. The third-order valence-electron chi connectivity index (χ3n) is 3.30. The normalized spacial score (nSPS) is 25.7. The molecule has 0 radical (unpaired) electrons. The average molecular weight is 212 g/mol. The van der Waals surface area contributed by atoms with Crippen molar-refractivity contribution in [3.8, 4) is 0 Å². The molecule has 0 atom stereocenters. The Morgan fingerprint density at radius 1 is 1.47 bits per heavy atom. The molecule has 2 heterocycles. The van der Waals surface area contributed by atoms with Gasteiger partial charge in [-0.1, -0.05) is 6.92 Å². The van der Waals surface area contributed by atoms with Crippen LogP contribution < -0.4 is 10.6 Å². The Morgan fingerprint density at radius 3 is 2.67 bits per heavy atom. The van der Waals surface area contributed by atoms with Crippen LogP contribution >= 0.6 is 0 Å². The van der Waals surface area contributed by atoms with Crippen molar-refractivity contribution >= 4 is 5.91 Å². The third kappa shape index (κ3) is 2.69. The molecule has 4 nitrogen and oxygen atoms in total. The lowest BCUT2D eigenvalue weighted by atomic mass is 9.88. The number of rotatable bonds is 3. The van der Waals surface area contributed by atoms with E-state index in [4.69, 9.17) is 4.74 Å². The standard InChI is InChI=1S/C11H20N2O2/c1-11(7-15-8-11)6-13-10(14)9-2-4-12-5-3-9/h9,12H,2-8H2,1H3,(H,13,14). The Morgan fingerprint density at radius 2 is 2.13 bits per heavy atom. The molecule has 0 aromatic rings. The first-order chi connectivity index (χ1) is 7.20. The minimum atomic E-state index is 0.183. The van der Waals surface area contributed by atoms with E-state index in [0.29, 0.717) is 0 Å². The number of piperidine rings is 1. The van der Waals surface area contributed by atoms with E-state index in [0.717, 1.165) is 45.7 Å². The molecule has 2 rings (SSSR count). The van der Waals surface area contributed by atoms with Crippen molar-refractivity contribution in [3.63, 3.8) is 0 Å². The van der Waals surface area contributed by atoms with E-state index in [-0.39, 0.29) is 17.2 Å². The van der Waals surface area contributed by atoms with Crippen molar-refractivity contribution in [2.75, 3.05) is 32.8 Å². The van der Waals surface area contributed by atoms with Gasteiger partial charge in [0.2, 0.25) is 5.91 Å². The Balaban J connectivity index is 1.71. The van der Waals surface area contributed by atoms with Gasteiger partial charge in [-0.15, -0.1) is 0 Å². The van der Waals surface area contributed by atoms with Gasteiger partial charge in [0.15, 0.2) is 0 Å². The van der Waals surface area contributed by atoms with Crippen LogP contribution in [0.4, 0.5) is 0 Å². The predicted octanol–water partition coefficient (Wildman–Crippen LogP) is 0.139. The molecular weight excluding hydrogens is 192 g/mol. The largest absolute Gasteiger partial charge is 0.380 e. The number of carbonyl (C=O) groups excluding carboxylic acids is 1. The molecule has 2 aliphatic rings. The second-order valence-corrected chi connectivity index (χ2v) is 5.05. The summed E-state index contributed by atoms with van der Waals surface area (Å²) in [6.45, 7) is 6.41. The van der Waals surface area contributed by atoms with Gasteiger partial charge >= 0.3 is 0 Å². The summed E-state index contributed by atoms with van der Waals surface area (Å²) in [6.07, 6.45) is 1.94. The molecule has 0 saturated carbocycles. The number of amides is 1. The summed E-state index contributed by atoms with van der Waals surface area (Å²) in [6, 6.07) is 0. The number of carbonyl (C=O) groups is 1. The first-order valence-electron chi connectivity index (χ1n) is 5.76. The van der Waals surface area contributed by atoms with Gasteiger partial charge in [0.25, 0.3) is 0 Å². The van der Waals surface area contributed by atoms with Crippen LogP contribution in [0.3, 0.4) is 0 Å². The third-order valence-corrected chi connectivity index (χ3v) is 3.30. The number of nitrogens with one attached hydrogen (secondary N) is 2. The van der Waals surface area contributed by atoms with E-state index in [9.17, 15) is 4.79 Å². The summed E-state index contributed by atoms with van der Waals surface area (Å²) in [4.78, 5) is 11.8. The Labute approximate surface area is 90.8 Å². The minimum Gasteiger partial charge on any atom is -0.380 e. The van der Waals surface area contributed by atoms with Crippen LogP contribution in [-0.2, 0) is 9.53 Å². The first kappa shape index (κ1) is 10.9. The average Bonchev–Trinajstić information content (AvgIpc) is 2.24. The first-order valence-corrected chi connectivity index (χ1v) is 5.76. The van der Waals surface area contributed by atoms with E-state index in [1.54, 1.807) is 0 Å². The second kappa shape index (κ2) is 4.49. The molecule has 2 saturated heterocycles. The Kier molecular flexibility index (Phi) is 3.26. The van der Waals surface area contributed by atoms with E-state index < -0.39 is 0 Å². The Bertz CT molecular complexity index is 233. The lowest BCUT2D eigenvalue weighted by Gasteiger charge is -2.38. The summed E-state index contributed by atoms with van der Waals surface area (Å²) in [5.41, 5.74) is 0.183. The van der Waals surface area contributed by atoms with Crippen LogP contribution in [0.2, 0.25) is 0 Å². The SMILES string of the molecule is CC1(CNC(=O)C2CCNCC2)COC1. The maximum absolute atomic E-state index is 11.8. The smallest absolute Gasteiger partial charge is 0.223 e. The molecule has 0 aliphatic carbocycles. The van der Waals surface area contributed by atoms with E-state index in [1.165, 1.54) is 0 Å². The highest BCUT2D eigenvalue weighted by Crippen LogP contribution is 2.25. The molecule has 0 aromatic carbocycles. The molecule has 4 heteroatoms. The van der Waals surface area contributed by atoms with Crippen LogP contribution in [0.1, 0.15) is 19.8 Å². The molecule has 0 spiro atoms. The van der Waals surface area contributed by atoms with Gasteiger partial charge in [-0.2, -0.15) is 0 Å². The topological polar surface area (TPSA) is 50.4 Å². The van der Waals surface area contributed by atoms with E-state index in [1.807, 2.05) is 0 Å². The van der Waals surface area contributed by atoms with Gasteiger partial charge in [0.05, 0.1) is 13.2 Å². The van der Waals surface area contributed by atoms with Gasteiger partial charge in [-0.3, -0.25) is 4.79 Å². The second-order valence-electron chi connectivity index (χ2n) is 5.05. The molecule has 0 bridgehead atoms. The molecule has 1 amide bonds. The lowest BCUT2D eigenvalue weighted by Crippen LogP contribution is -2.50. The molecule has 2 aliphatic heterocycles. The van der Waals surface area contributed by atoms with Crippen LogP contribution in [0.5, 0.6) is 0 Å². The lowest BCUT2D eigenvalue weighted by molar-refractivity contribution is -0.131. The van der Waals surface area contributed by atoms with Gasteiger partial charge in [0.1, 0.15) is 0 Å². The summed E-state index contributed by atoms with van der Waals surface area (Å²) < 4.78 is 5.15. The summed E-state index contributed by atoms with van der Waals surface area (Å²) in [7, 11) is 0. The summed E-state index contributed by atoms with van der Waals surface area (Å²) in [5.74, 6) is 0.445. The number of hydrogen-bond acceptors (Lipinski definition) is 3. The highest BCUT2D eigenvalue weighted by Gasteiger charge is 2.34. The van der Waals surface area contributed by atoms with Gasteiger partial charge in [-0.25, -0.2) is 0 Å². The van der Waals surface area contributed by atoms with E-state index >= 15 is 0 Å². The van der Waals surface area contributed by atoms with Crippen LogP contribution in [0.25, 0.3) is 0 Å². The molecule has 2 fully saturated rings. The fourth-order valence-electron chi connectivity index (χ4n) is 2.08. The number of hydrogen-bond donors (Lipinski definition) is 2. The van der Waals surface area contributed by atoms with Crippen molar-refractivity contribution in [2.45, 2.75) is 19.8 Å². The highest BCUT2D eigenvalue weighted by molar-refractivity contribution is 5.78.